The first kappa shape index (κ1) is 13.7. The molecule has 0 atom stereocenters. The number of nitrogens with one attached hydrogen (secondary N) is 1. The van der Waals surface area contributed by atoms with Crippen LogP contribution >= 0.6 is 11.3 Å². The molecule has 1 aromatic carbocycles. The summed E-state index contributed by atoms with van der Waals surface area (Å²) >= 11 is 1.58. The van der Waals surface area contributed by atoms with Crippen molar-refractivity contribution in [1.82, 2.24) is 10.3 Å². The molecule has 5 heteroatoms. The van der Waals surface area contributed by atoms with E-state index in [1.165, 1.54) is 0 Å². The Morgan fingerprint density at radius 1 is 1.37 bits per heavy atom. The third-order valence-electron chi connectivity index (χ3n) is 2.64. The predicted molar refractivity (Wildman–Crippen MR) is 76.4 cm³/mol. The van der Waals surface area contributed by atoms with Gasteiger partial charge in [-0.3, -0.25) is 4.79 Å². The van der Waals surface area contributed by atoms with Gasteiger partial charge in [-0.25, -0.2) is 4.98 Å². The third kappa shape index (κ3) is 3.87. The van der Waals surface area contributed by atoms with Gasteiger partial charge >= 0.3 is 0 Å². The van der Waals surface area contributed by atoms with Crippen molar-refractivity contribution in [1.29, 1.82) is 0 Å². The second-order valence-electron chi connectivity index (χ2n) is 4.02. The van der Waals surface area contributed by atoms with Crippen molar-refractivity contribution in [2.75, 3.05) is 20.3 Å². The van der Waals surface area contributed by atoms with E-state index in [0.717, 1.165) is 17.0 Å². The molecule has 0 spiro atoms. The topological polar surface area (TPSA) is 51.2 Å². The number of nitrogens with zero attached hydrogens (tertiary/aromatic N) is 1. The molecule has 4 nitrogen and oxygen atoms in total. The van der Waals surface area contributed by atoms with E-state index in [1.807, 2.05) is 29.6 Å². The van der Waals surface area contributed by atoms with Gasteiger partial charge in [-0.2, -0.15) is 0 Å². The molecule has 0 saturated heterocycles. The normalized spacial score (nSPS) is 10.4. The summed E-state index contributed by atoms with van der Waals surface area (Å²) in [6.45, 7) is 1.28. The molecule has 0 aliphatic carbocycles. The van der Waals surface area contributed by atoms with Crippen LogP contribution in [0.5, 0.6) is 0 Å². The molecule has 0 saturated carbocycles. The van der Waals surface area contributed by atoms with Crippen molar-refractivity contribution >= 4 is 17.2 Å². The molecule has 100 valence electrons. The fourth-order valence-electron chi connectivity index (χ4n) is 1.65. The predicted octanol–water partition coefficient (Wildman–Crippen LogP) is 2.58. The van der Waals surface area contributed by atoms with E-state index in [1.54, 1.807) is 24.6 Å². The van der Waals surface area contributed by atoms with Crippen LogP contribution in [0.2, 0.25) is 0 Å². The van der Waals surface area contributed by atoms with Gasteiger partial charge in [0.05, 0.1) is 0 Å². The van der Waals surface area contributed by atoms with E-state index >= 15 is 0 Å². The minimum absolute atomic E-state index is 0.0539. The highest BCUT2D eigenvalue weighted by Gasteiger charge is 2.06. The number of carbonyl (C=O) groups excluding carboxylic acids is 1. The lowest BCUT2D eigenvalue weighted by atomic mass is 10.1. The van der Waals surface area contributed by atoms with E-state index in [0.29, 0.717) is 18.7 Å². The van der Waals surface area contributed by atoms with Crippen molar-refractivity contribution in [2.45, 2.75) is 6.42 Å². The van der Waals surface area contributed by atoms with E-state index in [4.69, 9.17) is 4.74 Å². The number of benzene rings is 1. The average Bonchev–Trinajstić information content (AvgIpc) is 2.98. The number of methoxy groups -OCH3 is 1. The Bertz CT molecular complexity index is 509. The molecule has 0 bridgehead atoms. The molecule has 0 aliphatic heterocycles. The van der Waals surface area contributed by atoms with Gasteiger partial charge in [0.25, 0.3) is 5.91 Å². The number of aromatic nitrogens is 1. The fraction of sp³-hybridized carbons (Fsp3) is 0.286. The first-order valence-electron chi connectivity index (χ1n) is 6.08. The van der Waals surface area contributed by atoms with Gasteiger partial charge in [-0.05, 0) is 18.6 Å². The van der Waals surface area contributed by atoms with Crippen molar-refractivity contribution in [3.63, 3.8) is 0 Å². The number of hydrogen-bond acceptors (Lipinski definition) is 4. The molecule has 1 aromatic heterocycles. The maximum absolute atomic E-state index is 11.8. The number of amides is 1. The standard InChI is InChI=1S/C14H16N2O2S/c1-18-9-2-7-15-13(17)11-3-5-12(6-4-11)14-16-8-10-19-14/h3-6,8,10H,2,7,9H2,1H3,(H,15,17). The maximum atomic E-state index is 11.8. The molecule has 0 unspecified atom stereocenters. The van der Waals surface area contributed by atoms with Gasteiger partial charge in [0, 0.05) is 43.0 Å². The number of ether oxygens (including phenoxy) is 1. The lowest BCUT2D eigenvalue weighted by Gasteiger charge is -2.05. The molecule has 19 heavy (non-hydrogen) atoms. The molecular formula is C14H16N2O2S. The van der Waals surface area contributed by atoms with E-state index in [9.17, 15) is 4.79 Å². The highest BCUT2D eigenvalue weighted by atomic mass is 32.1. The summed E-state index contributed by atoms with van der Waals surface area (Å²) < 4.78 is 4.93. The zero-order valence-electron chi connectivity index (χ0n) is 10.8. The molecule has 1 N–H and O–H groups in total. The Hall–Kier alpha value is -1.72. The second kappa shape index (κ2) is 7.01. The lowest BCUT2D eigenvalue weighted by molar-refractivity contribution is 0.0948. The third-order valence-corrected chi connectivity index (χ3v) is 3.46. The first-order chi connectivity index (χ1) is 9.31. The van der Waals surface area contributed by atoms with Gasteiger partial charge in [0.2, 0.25) is 0 Å². The molecule has 2 rings (SSSR count). The molecule has 1 amide bonds. The Kier molecular flexibility index (Phi) is 5.06. The lowest BCUT2D eigenvalue weighted by Crippen LogP contribution is -2.25. The summed E-state index contributed by atoms with van der Waals surface area (Å²) in [5.41, 5.74) is 1.70. The summed E-state index contributed by atoms with van der Waals surface area (Å²) in [4.78, 5) is 16.1. The quantitative estimate of drug-likeness (QED) is 0.825. The molecule has 0 radical (unpaired) electrons. The summed E-state index contributed by atoms with van der Waals surface area (Å²) in [6, 6.07) is 7.48. The van der Waals surface area contributed by atoms with Crippen LogP contribution in [0.4, 0.5) is 0 Å². The summed E-state index contributed by atoms with van der Waals surface area (Å²) in [5, 5.41) is 5.76. The monoisotopic (exact) mass is 276 g/mol. The van der Waals surface area contributed by atoms with Crippen LogP contribution in [-0.4, -0.2) is 31.2 Å². The van der Waals surface area contributed by atoms with Gasteiger partial charge in [0.15, 0.2) is 0 Å². The van der Waals surface area contributed by atoms with E-state index < -0.39 is 0 Å². The van der Waals surface area contributed by atoms with Crippen molar-refractivity contribution in [3.8, 4) is 10.6 Å². The number of rotatable bonds is 6. The van der Waals surface area contributed by atoms with Gasteiger partial charge in [-0.1, -0.05) is 12.1 Å². The van der Waals surface area contributed by atoms with Crippen molar-refractivity contribution in [2.24, 2.45) is 0 Å². The second-order valence-corrected chi connectivity index (χ2v) is 4.91. The molecule has 0 aliphatic rings. The molecule has 1 heterocycles. The van der Waals surface area contributed by atoms with Crippen molar-refractivity contribution in [3.05, 3.63) is 41.4 Å². The Morgan fingerprint density at radius 3 is 2.79 bits per heavy atom. The first-order valence-corrected chi connectivity index (χ1v) is 6.96. The summed E-state index contributed by atoms with van der Waals surface area (Å²) in [5.74, 6) is -0.0539. The van der Waals surface area contributed by atoms with E-state index in [-0.39, 0.29) is 5.91 Å². The molecule has 2 aromatic rings. The highest BCUT2D eigenvalue weighted by molar-refractivity contribution is 7.13. The minimum Gasteiger partial charge on any atom is -0.385 e. The van der Waals surface area contributed by atoms with Crippen LogP contribution in [-0.2, 0) is 4.74 Å². The molecular weight excluding hydrogens is 260 g/mol. The Labute approximate surface area is 116 Å². The van der Waals surface area contributed by atoms with Gasteiger partial charge < -0.3 is 10.1 Å². The van der Waals surface area contributed by atoms with Crippen LogP contribution in [0.15, 0.2) is 35.8 Å². The van der Waals surface area contributed by atoms with Crippen LogP contribution < -0.4 is 5.32 Å². The Balaban J connectivity index is 1.93. The number of carbonyl (C=O) groups is 1. The minimum atomic E-state index is -0.0539. The van der Waals surface area contributed by atoms with Gasteiger partial charge in [0.1, 0.15) is 5.01 Å². The number of hydrogen-bond donors (Lipinski definition) is 1. The maximum Gasteiger partial charge on any atom is 0.251 e. The SMILES string of the molecule is COCCCNC(=O)c1ccc(-c2nccs2)cc1. The van der Waals surface area contributed by atoms with Crippen LogP contribution in [0.3, 0.4) is 0 Å². The average molecular weight is 276 g/mol. The van der Waals surface area contributed by atoms with E-state index in [2.05, 4.69) is 10.3 Å². The van der Waals surface area contributed by atoms with Crippen LogP contribution in [0, 0.1) is 0 Å². The zero-order valence-corrected chi connectivity index (χ0v) is 11.6. The Morgan fingerprint density at radius 2 is 2.16 bits per heavy atom. The summed E-state index contributed by atoms with van der Waals surface area (Å²) in [6.07, 6.45) is 2.59. The fourth-order valence-corrected chi connectivity index (χ4v) is 2.30. The zero-order chi connectivity index (χ0) is 13.5. The van der Waals surface area contributed by atoms with Crippen LogP contribution in [0.1, 0.15) is 16.8 Å². The van der Waals surface area contributed by atoms with Crippen molar-refractivity contribution < 1.29 is 9.53 Å². The molecule has 0 fully saturated rings. The largest absolute Gasteiger partial charge is 0.385 e. The van der Waals surface area contributed by atoms with Crippen LogP contribution in [0.25, 0.3) is 10.6 Å². The highest BCUT2D eigenvalue weighted by Crippen LogP contribution is 2.21. The number of thiazole rings is 1. The summed E-state index contributed by atoms with van der Waals surface area (Å²) in [7, 11) is 1.65. The van der Waals surface area contributed by atoms with Gasteiger partial charge in [-0.15, -0.1) is 11.3 Å². The smallest absolute Gasteiger partial charge is 0.251 e.